The molecule has 0 spiro atoms. The molecule has 0 fully saturated rings. The zero-order valence-electron chi connectivity index (χ0n) is 10.8. The molecule has 0 aromatic carbocycles. The molecule has 0 saturated carbocycles. The van der Waals surface area contributed by atoms with Crippen LogP contribution >= 0.6 is 15.9 Å². The van der Waals surface area contributed by atoms with E-state index in [1.807, 2.05) is 29.2 Å². The average Bonchev–Trinajstić information content (AvgIpc) is 2.85. The van der Waals surface area contributed by atoms with E-state index in [0.717, 1.165) is 35.4 Å². The molecule has 0 aliphatic heterocycles. The van der Waals surface area contributed by atoms with Crippen molar-refractivity contribution in [3.8, 4) is 0 Å². The van der Waals surface area contributed by atoms with Crippen molar-refractivity contribution in [3.63, 3.8) is 0 Å². The van der Waals surface area contributed by atoms with Crippen molar-refractivity contribution < 1.29 is 4.74 Å². The molecule has 0 unspecified atom stereocenters. The predicted octanol–water partition coefficient (Wildman–Crippen LogP) is 1.82. The van der Waals surface area contributed by atoms with Crippen LogP contribution in [-0.2, 0) is 17.8 Å². The molecule has 2 aromatic heterocycles. The van der Waals surface area contributed by atoms with Crippen LogP contribution in [0.2, 0.25) is 0 Å². The third kappa shape index (κ3) is 4.74. The molecule has 0 aliphatic carbocycles. The van der Waals surface area contributed by atoms with E-state index in [4.69, 9.17) is 4.74 Å². The van der Waals surface area contributed by atoms with Crippen LogP contribution in [0.3, 0.4) is 0 Å². The van der Waals surface area contributed by atoms with E-state index in [1.165, 1.54) is 0 Å². The Balaban J connectivity index is 1.85. The van der Waals surface area contributed by atoms with E-state index in [9.17, 15) is 0 Å². The Labute approximate surface area is 121 Å². The quantitative estimate of drug-likeness (QED) is 0.789. The highest BCUT2D eigenvalue weighted by Crippen LogP contribution is 2.08. The van der Waals surface area contributed by atoms with E-state index < -0.39 is 0 Å². The summed E-state index contributed by atoms with van der Waals surface area (Å²) in [6, 6.07) is 3.97. The molecule has 2 rings (SSSR count). The van der Waals surface area contributed by atoms with Gasteiger partial charge in [0.15, 0.2) is 0 Å². The Hall–Kier alpha value is -1.24. The van der Waals surface area contributed by atoms with Gasteiger partial charge in [-0.3, -0.25) is 9.67 Å². The maximum atomic E-state index is 4.98. The molecule has 0 radical (unpaired) electrons. The van der Waals surface area contributed by atoms with Crippen LogP contribution in [0.15, 0.2) is 35.2 Å². The smallest absolute Gasteiger partial charge is 0.0831 e. The van der Waals surface area contributed by atoms with Crippen LogP contribution in [0.1, 0.15) is 11.3 Å². The van der Waals surface area contributed by atoms with Gasteiger partial charge in [-0.05, 0) is 28.1 Å². The minimum atomic E-state index is 0.686. The standard InChI is InChI=1S/C13H17BrN4O/c1-19-5-4-15-6-11-7-17-18(9-11)10-13-3-2-12(14)8-16-13/h2-3,7-9,15H,4-6,10H2,1H3. The first-order valence-electron chi connectivity index (χ1n) is 6.09. The van der Waals surface area contributed by atoms with Gasteiger partial charge in [0.05, 0.1) is 25.0 Å². The molecule has 2 aromatic rings. The van der Waals surface area contributed by atoms with Crippen LogP contribution in [0.25, 0.3) is 0 Å². The van der Waals surface area contributed by atoms with Crippen molar-refractivity contribution >= 4 is 15.9 Å². The number of nitrogens with zero attached hydrogens (tertiary/aromatic N) is 3. The molecule has 0 bridgehead atoms. The Kier molecular flexibility index (Phi) is 5.50. The third-order valence-electron chi connectivity index (χ3n) is 2.61. The minimum absolute atomic E-state index is 0.686. The van der Waals surface area contributed by atoms with Crippen LogP contribution in [0.4, 0.5) is 0 Å². The first-order valence-corrected chi connectivity index (χ1v) is 6.88. The van der Waals surface area contributed by atoms with E-state index in [0.29, 0.717) is 6.54 Å². The van der Waals surface area contributed by atoms with Crippen LogP contribution in [0, 0.1) is 0 Å². The molecule has 1 N–H and O–H groups in total. The lowest BCUT2D eigenvalue weighted by Crippen LogP contribution is -2.18. The second-order valence-electron chi connectivity index (χ2n) is 4.18. The number of aromatic nitrogens is 3. The van der Waals surface area contributed by atoms with Gasteiger partial charge >= 0.3 is 0 Å². The van der Waals surface area contributed by atoms with Crippen LogP contribution < -0.4 is 5.32 Å². The molecular formula is C13H17BrN4O. The third-order valence-corrected chi connectivity index (χ3v) is 3.08. The monoisotopic (exact) mass is 324 g/mol. The lowest BCUT2D eigenvalue weighted by Gasteiger charge is -2.02. The fraction of sp³-hybridized carbons (Fsp3) is 0.385. The largest absolute Gasteiger partial charge is 0.383 e. The minimum Gasteiger partial charge on any atom is -0.383 e. The summed E-state index contributed by atoms with van der Waals surface area (Å²) in [5.41, 5.74) is 2.15. The first kappa shape index (κ1) is 14.2. The summed E-state index contributed by atoms with van der Waals surface area (Å²) in [6.45, 7) is 3.05. The highest BCUT2D eigenvalue weighted by atomic mass is 79.9. The molecule has 2 heterocycles. The maximum Gasteiger partial charge on any atom is 0.0831 e. The number of pyridine rings is 1. The zero-order valence-corrected chi connectivity index (χ0v) is 12.4. The second kappa shape index (κ2) is 7.37. The maximum absolute atomic E-state index is 4.98. The fourth-order valence-corrected chi connectivity index (χ4v) is 1.89. The lowest BCUT2D eigenvalue weighted by atomic mass is 10.3. The van der Waals surface area contributed by atoms with Gasteiger partial charge in [0.1, 0.15) is 0 Å². The van der Waals surface area contributed by atoms with Gasteiger partial charge in [0, 0.05) is 42.6 Å². The number of ether oxygens (including phenoxy) is 1. The van der Waals surface area contributed by atoms with Gasteiger partial charge in [0.25, 0.3) is 0 Å². The normalized spacial score (nSPS) is 10.8. The SMILES string of the molecule is COCCNCc1cnn(Cc2ccc(Br)cn2)c1. The molecule has 5 nitrogen and oxygen atoms in total. The van der Waals surface area contributed by atoms with Gasteiger partial charge in [-0.1, -0.05) is 0 Å². The summed E-state index contributed by atoms with van der Waals surface area (Å²) in [5, 5.41) is 7.61. The highest BCUT2D eigenvalue weighted by molar-refractivity contribution is 9.10. The summed E-state index contributed by atoms with van der Waals surface area (Å²) < 4.78 is 7.86. The Morgan fingerprint density at radius 2 is 2.26 bits per heavy atom. The topological polar surface area (TPSA) is 52.0 Å². The number of hydrogen-bond acceptors (Lipinski definition) is 4. The molecule has 102 valence electrons. The lowest BCUT2D eigenvalue weighted by molar-refractivity contribution is 0.199. The van der Waals surface area contributed by atoms with Gasteiger partial charge < -0.3 is 10.1 Å². The first-order chi connectivity index (χ1) is 9.28. The molecule has 0 amide bonds. The van der Waals surface area contributed by atoms with Gasteiger partial charge in [-0.25, -0.2) is 0 Å². The molecule has 6 heteroatoms. The second-order valence-corrected chi connectivity index (χ2v) is 5.10. The predicted molar refractivity (Wildman–Crippen MR) is 76.8 cm³/mol. The van der Waals surface area contributed by atoms with Gasteiger partial charge in [-0.15, -0.1) is 0 Å². The van der Waals surface area contributed by atoms with E-state index in [2.05, 4.69) is 31.3 Å². The fourth-order valence-electron chi connectivity index (χ4n) is 1.66. The van der Waals surface area contributed by atoms with Crippen molar-refractivity contribution in [3.05, 3.63) is 46.5 Å². The number of rotatable bonds is 7. The number of methoxy groups -OCH3 is 1. The molecule has 0 saturated heterocycles. The summed E-state index contributed by atoms with van der Waals surface area (Å²) in [6.07, 6.45) is 5.70. The summed E-state index contributed by atoms with van der Waals surface area (Å²) in [7, 11) is 1.70. The Morgan fingerprint density at radius 3 is 3.00 bits per heavy atom. The van der Waals surface area contributed by atoms with E-state index in [-0.39, 0.29) is 0 Å². The van der Waals surface area contributed by atoms with Crippen molar-refractivity contribution in [2.24, 2.45) is 0 Å². The van der Waals surface area contributed by atoms with Gasteiger partial charge in [-0.2, -0.15) is 5.10 Å². The molecular weight excluding hydrogens is 308 g/mol. The zero-order chi connectivity index (χ0) is 13.5. The highest BCUT2D eigenvalue weighted by Gasteiger charge is 2.00. The van der Waals surface area contributed by atoms with E-state index in [1.54, 1.807) is 13.3 Å². The summed E-state index contributed by atoms with van der Waals surface area (Å²) >= 11 is 3.37. The van der Waals surface area contributed by atoms with Crippen molar-refractivity contribution in [1.82, 2.24) is 20.1 Å². The number of hydrogen-bond donors (Lipinski definition) is 1. The molecule has 19 heavy (non-hydrogen) atoms. The Bertz CT molecular complexity index is 498. The van der Waals surface area contributed by atoms with Crippen molar-refractivity contribution in [1.29, 1.82) is 0 Å². The average molecular weight is 325 g/mol. The summed E-state index contributed by atoms with van der Waals surface area (Å²) in [4.78, 5) is 4.33. The van der Waals surface area contributed by atoms with Crippen molar-refractivity contribution in [2.45, 2.75) is 13.1 Å². The number of halogens is 1. The number of nitrogens with one attached hydrogen (secondary N) is 1. The summed E-state index contributed by atoms with van der Waals surface area (Å²) in [5.74, 6) is 0. The van der Waals surface area contributed by atoms with Crippen molar-refractivity contribution in [2.75, 3.05) is 20.3 Å². The Morgan fingerprint density at radius 1 is 1.37 bits per heavy atom. The molecule has 0 atom stereocenters. The van der Waals surface area contributed by atoms with Crippen LogP contribution in [-0.4, -0.2) is 35.0 Å². The van der Waals surface area contributed by atoms with Gasteiger partial charge in [0.2, 0.25) is 0 Å². The van der Waals surface area contributed by atoms with E-state index >= 15 is 0 Å². The molecule has 0 aliphatic rings. The van der Waals surface area contributed by atoms with Crippen LogP contribution in [0.5, 0.6) is 0 Å².